The van der Waals surface area contributed by atoms with Crippen LogP contribution in [0, 0.1) is 5.92 Å². The maximum atomic E-state index is 10.7. The summed E-state index contributed by atoms with van der Waals surface area (Å²) in [7, 11) is 0. The van der Waals surface area contributed by atoms with E-state index in [1.165, 1.54) is 0 Å². The molecule has 3 unspecified atom stereocenters. The van der Waals surface area contributed by atoms with Crippen LogP contribution >= 0.6 is 0 Å². The van der Waals surface area contributed by atoms with Crippen molar-refractivity contribution in [3.8, 4) is 0 Å². The highest BCUT2D eigenvalue weighted by Gasteiger charge is 2.36. The van der Waals surface area contributed by atoms with Gasteiger partial charge in [0.05, 0.1) is 25.4 Å². The molecule has 0 amide bonds. The van der Waals surface area contributed by atoms with E-state index < -0.39 is 12.0 Å². The van der Waals surface area contributed by atoms with Crippen molar-refractivity contribution in [1.82, 2.24) is 0 Å². The van der Waals surface area contributed by atoms with Crippen LogP contribution < -0.4 is 5.73 Å². The molecule has 2 aliphatic rings. The number of epoxide rings is 2. The summed E-state index contributed by atoms with van der Waals surface area (Å²) in [6.07, 6.45) is 1.94. The van der Waals surface area contributed by atoms with Crippen molar-refractivity contribution in [3.63, 3.8) is 0 Å². The Labute approximate surface area is 82.2 Å². The second kappa shape index (κ2) is 3.84. The summed E-state index contributed by atoms with van der Waals surface area (Å²) < 4.78 is 10.2. The second-order valence-electron chi connectivity index (χ2n) is 4.01. The maximum Gasteiger partial charge on any atom is 0.320 e. The van der Waals surface area contributed by atoms with E-state index in [-0.39, 0.29) is 18.1 Å². The van der Waals surface area contributed by atoms with Crippen LogP contribution in [0.15, 0.2) is 0 Å². The molecular formula is C9H15NO4. The Balaban J connectivity index is 1.84. The highest BCUT2D eigenvalue weighted by molar-refractivity contribution is 5.73. The fourth-order valence-electron chi connectivity index (χ4n) is 1.67. The Morgan fingerprint density at radius 2 is 1.79 bits per heavy atom. The fraction of sp³-hybridized carbons (Fsp3) is 0.889. The van der Waals surface area contributed by atoms with Crippen LogP contribution in [0.3, 0.4) is 0 Å². The lowest BCUT2D eigenvalue weighted by Crippen LogP contribution is -2.39. The van der Waals surface area contributed by atoms with E-state index in [1.54, 1.807) is 0 Å². The third-order valence-electron chi connectivity index (χ3n) is 2.73. The van der Waals surface area contributed by atoms with E-state index in [1.807, 2.05) is 0 Å². The Morgan fingerprint density at radius 1 is 1.36 bits per heavy atom. The number of carboxylic acids is 1. The second-order valence-corrected chi connectivity index (χ2v) is 4.01. The van der Waals surface area contributed by atoms with Gasteiger partial charge in [-0.05, 0) is 18.8 Å². The van der Waals surface area contributed by atoms with Gasteiger partial charge in [0.1, 0.15) is 6.04 Å². The largest absolute Gasteiger partial charge is 0.480 e. The number of hydrogen-bond acceptors (Lipinski definition) is 4. The van der Waals surface area contributed by atoms with Crippen molar-refractivity contribution in [2.24, 2.45) is 11.7 Å². The van der Waals surface area contributed by atoms with E-state index in [0.717, 1.165) is 26.1 Å². The lowest BCUT2D eigenvalue weighted by molar-refractivity contribution is -0.140. The molecule has 5 nitrogen and oxygen atoms in total. The number of carboxylic acid groups (broad SMARTS) is 1. The molecule has 2 aliphatic heterocycles. The van der Waals surface area contributed by atoms with E-state index in [9.17, 15) is 4.79 Å². The molecular weight excluding hydrogens is 186 g/mol. The standard InChI is InChI=1S/C9H15NO4/c10-8(9(11)12)5(1-6-3-13-6)2-7-4-14-7/h5-8H,1-4,10H2,(H,11,12). The number of nitrogens with two attached hydrogens (primary N) is 1. The van der Waals surface area contributed by atoms with Crippen molar-refractivity contribution < 1.29 is 19.4 Å². The Hall–Kier alpha value is -0.650. The molecule has 0 aromatic rings. The predicted octanol–water partition coefficient (Wildman–Crippen LogP) is -0.408. The smallest absolute Gasteiger partial charge is 0.320 e. The number of rotatable bonds is 6. The Kier molecular flexibility index (Phi) is 2.71. The van der Waals surface area contributed by atoms with Gasteiger partial charge in [-0.25, -0.2) is 0 Å². The number of aliphatic carboxylic acids is 1. The SMILES string of the molecule is NC(C(=O)O)C(CC1CO1)CC1CO1. The molecule has 2 saturated heterocycles. The van der Waals surface area contributed by atoms with Crippen LogP contribution in [0.5, 0.6) is 0 Å². The van der Waals surface area contributed by atoms with Gasteiger partial charge < -0.3 is 20.3 Å². The van der Waals surface area contributed by atoms with Gasteiger partial charge in [-0.15, -0.1) is 0 Å². The summed E-state index contributed by atoms with van der Waals surface area (Å²) in [5, 5.41) is 8.81. The molecule has 0 bridgehead atoms. The quantitative estimate of drug-likeness (QED) is 0.570. The van der Waals surface area contributed by atoms with Crippen LogP contribution in [0.1, 0.15) is 12.8 Å². The van der Waals surface area contributed by atoms with Crippen molar-refractivity contribution in [2.75, 3.05) is 13.2 Å². The van der Waals surface area contributed by atoms with Gasteiger partial charge in [0.15, 0.2) is 0 Å². The van der Waals surface area contributed by atoms with Crippen LogP contribution in [-0.4, -0.2) is 42.5 Å². The molecule has 5 heteroatoms. The molecule has 0 saturated carbocycles. The monoisotopic (exact) mass is 201 g/mol. The third kappa shape index (κ3) is 2.67. The minimum absolute atomic E-state index is 0.0208. The summed E-state index contributed by atoms with van der Waals surface area (Å²) in [6, 6.07) is -0.789. The topological polar surface area (TPSA) is 88.4 Å². The Morgan fingerprint density at radius 3 is 2.07 bits per heavy atom. The molecule has 0 spiro atoms. The zero-order chi connectivity index (χ0) is 10.1. The molecule has 14 heavy (non-hydrogen) atoms. The first-order chi connectivity index (χ1) is 6.66. The number of hydrogen-bond donors (Lipinski definition) is 2. The maximum absolute atomic E-state index is 10.7. The summed E-state index contributed by atoms with van der Waals surface area (Å²) in [6.45, 7) is 1.49. The average Bonchev–Trinajstić information content (AvgIpc) is 2.94. The molecule has 80 valence electrons. The summed E-state index contributed by atoms with van der Waals surface area (Å²) >= 11 is 0. The zero-order valence-electron chi connectivity index (χ0n) is 7.89. The van der Waals surface area contributed by atoms with Gasteiger partial charge in [-0.1, -0.05) is 0 Å². The lowest BCUT2D eigenvalue weighted by atomic mass is 9.90. The zero-order valence-corrected chi connectivity index (χ0v) is 7.89. The number of carbonyl (C=O) groups is 1. The van der Waals surface area contributed by atoms with Gasteiger partial charge in [0.2, 0.25) is 0 Å². The first-order valence-electron chi connectivity index (χ1n) is 4.88. The van der Waals surface area contributed by atoms with Crippen molar-refractivity contribution in [1.29, 1.82) is 0 Å². The van der Waals surface area contributed by atoms with Crippen molar-refractivity contribution in [2.45, 2.75) is 31.1 Å². The lowest BCUT2D eigenvalue weighted by Gasteiger charge is -2.18. The van der Waals surface area contributed by atoms with Crippen LogP contribution in [0.4, 0.5) is 0 Å². The Bertz CT molecular complexity index is 211. The molecule has 2 fully saturated rings. The van der Waals surface area contributed by atoms with E-state index in [0.29, 0.717) is 0 Å². The molecule has 0 aromatic heterocycles. The van der Waals surface area contributed by atoms with Crippen LogP contribution in [0.25, 0.3) is 0 Å². The fourth-order valence-corrected chi connectivity index (χ4v) is 1.67. The highest BCUT2D eigenvalue weighted by atomic mass is 16.6. The summed E-state index contributed by atoms with van der Waals surface area (Å²) in [5.74, 6) is -0.955. The summed E-state index contributed by atoms with van der Waals surface area (Å²) in [5.41, 5.74) is 5.60. The minimum Gasteiger partial charge on any atom is -0.480 e. The molecule has 2 heterocycles. The van der Waals surface area contributed by atoms with Gasteiger partial charge in [-0.3, -0.25) is 4.79 Å². The van der Waals surface area contributed by atoms with Gasteiger partial charge in [-0.2, -0.15) is 0 Å². The molecule has 0 aliphatic carbocycles. The van der Waals surface area contributed by atoms with Crippen LogP contribution in [0.2, 0.25) is 0 Å². The van der Waals surface area contributed by atoms with Crippen molar-refractivity contribution in [3.05, 3.63) is 0 Å². The average molecular weight is 201 g/mol. The first kappa shape index (κ1) is 9.89. The predicted molar refractivity (Wildman–Crippen MR) is 47.8 cm³/mol. The van der Waals surface area contributed by atoms with E-state index in [4.69, 9.17) is 20.3 Å². The summed E-state index contributed by atoms with van der Waals surface area (Å²) in [4.78, 5) is 10.7. The molecule has 0 radical (unpaired) electrons. The van der Waals surface area contributed by atoms with Gasteiger partial charge in [0.25, 0.3) is 0 Å². The normalized spacial score (nSPS) is 33.5. The third-order valence-corrected chi connectivity index (χ3v) is 2.73. The molecule has 2 rings (SSSR count). The van der Waals surface area contributed by atoms with Crippen molar-refractivity contribution >= 4 is 5.97 Å². The minimum atomic E-state index is -0.934. The van der Waals surface area contributed by atoms with Gasteiger partial charge >= 0.3 is 5.97 Å². The molecule has 0 aromatic carbocycles. The van der Waals surface area contributed by atoms with Gasteiger partial charge in [0, 0.05) is 0 Å². The highest BCUT2D eigenvalue weighted by Crippen LogP contribution is 2.28. The van der Waals surface area contributed by atoms with E-state index in [2.05, 4.69) is 0 Å². The molecule has 3 atom stereocenters. The number of ether oxygens (including phenoxy) is 2. The van der Waals surface area contributed by atoms with Crippen LogP contribution in [-0.2, 0) is 14.3 Å². The molecule has 3 N–H and O–H groups in total. The first-order valence-corrected chi connectivity index (χ1v) is 4.88. The van der Waals surface area contributed by atoms with E-state index >= 15 is 0 Å².